The molecule has 3 aliphatic carbocycles. The molecular weight excluding hydrogens is 461 g/mol. The molecule has 7 atom stereocenters. The van der Waals surface area contributed by atoms with Gasteiger partial charge in [0.25, 0.3) is 10.1 Å². The van der Waals surface area contributed by atoms with Gasteiger partial charge in [-0.05, 0) is 19.3 Å². The first-order chi connectivity index (χ1) is 14.9. The van der Waals surface area contributed by atoms with Gasteiger partial charge in [-0.25, -0.2) is 0 Å². The summed E-state index contributed by atoms with van der Waals surface area (Å²) in [5.74, 6) is -8.53. The highest BCUT2D eigenvalue weighted by Crippen LogP contribution is 2.59. The normalized spacial score (nSPS) is 35.4. The maximum absolute atomic E-state index is 13.2. The molecule has 0 amide bonds. The van der Waals surface area contributed by atoms with Crippen LogP contribution >= 0.6 is 0 Å². The van der Waals surface area contributed by atoms with E-state index in [9.17, 15) is 36.0 Å². The van der Waals surface area contributed by atoms with Crippen molar-refractivity contribution in [3.05, 3.63) is 0 Å². The van der Waals surface area contributed by atoms with E-state index in [1.165, 1.54) is 0 Å². The van der Waals surface area contributed by atoms with Gasteiger partial charge >= 0.3 is 24.1 Å². The zero-order valence-electron chi connectivity index (χ0n) is 16.8. The van der Waals surface area contributed by atoms with E-state index in [1.54, 1.807) is 0 Å². The van der Waals surface area contributed by atoms with Crippen LogP contribution in [-0.2, 0) is 38.7 Å². The molecule has 4 fully saturated rings. The Labute approximate surface area is 181 Å². The number of rotatable bonds is 6. The van der Waals surface area contributed by atoms with Crippen LogP contribution in [0.2, 0.25) is 0 Å². The fraction of sp³-hybridized carbons (Fsp3) is 0.842. The van der Waals surface area contributed by atoms with Gasteiger partial charge in [0.05, 0.1) is 17.8 Å². The molecule has 180 valence electrons. The Morgan fingerprint density at radius 2 is 1.78 bits per heavy atom. The fourth-order valence-corrected chi connectivity index (χ4v) is 6.28. The second kappa shape index (κ2) is 8.15. The molecule has 1 heterocycles. The van der Waals surface area contributed by atoms with Crippen LogP contribution in [0.15, 0.2) is 0 Å². The highest BCUT2D eigenvalue weighted by molar-refractivity contribution is 7.85. The largest absolute Gasteiger partial charge is 0.458 e. The van der Waals surface area contributed by atoms with Crippen LogP contribution in [0.25, 0.3) is 0 Å². The van der Waals surface area contributed by atoms with Crippen LogP contribution in [0.3, 0.4) is 0 Å². The zero-order valence-corrected chi connectivity index (χ0v) is 17.6. The van der Waals surface area contributed by atoms with Crippen molar-refractivity contribution in [2.24, 2.45) is 29.6 Å². The molecule has 4 aliphatic rings. The predicted octanol–water partition coefficient (Wildman–Crippen LogP) is 1.65. The van der Waals surface area contributed by atoms with Gasteiger partial charge in [0.1, 0.15) is 18.0 Å². The number of hydrogen-bond donors (Lipinski definition) is 1. The molecular formula is C19H23F3O9S. The summed E-state index contributed by atoms with van der Waals surface area (Å²) >= 11 is 0. The lowest BCUT2D eigenvalue weighted by atomic mass is 9.78. The van der Waals surface area contributed by atoms with Gasteiger partial charge in [-0.2, -0.15) is 21.6 Å². The van der Waals surface area contributed by atoms with Crippen molar-refractivity contribution in [2.75, 3.05) is 5.75 Å². The van der Waals surface area contributed by atoms with Gasteiger partial charge < -0.3 is 14.2 Å². The minimum Gasteiger partial charge on any atom is -0.458 e. The van der Waals surface area contributed by atoms with E-state index in [-0.39, 0.29) is 12.3 Å². The van der Waals surface area contributed by atoms with Gasteiger partial charge in [-0.15, -0.1) is 0 Å². The Kier molecular flexibility index (Phi) is 5.93. The highest BCUT2D eigenvalue weighted by Gasteiger charge is 2.70. The van der Waals surface area contributed by atoms with Gasteiger partial charge in [-0.3, -0.25) is 18.9 Å². The average molecular weight is 484 g/mol. The minimum atomic E-state index is -5.26. The molecule has 1 saturated heterocycles. The molecule has 3 saturated carbocycles. The van der Waals surface area contributed by atoms with E-state index in [4.69, 9.17) is 14.0 Å². The third kappa shape index (κ3) is 4.33. The van der Waals surface area contributed by atoms with E-state index in [0.29, 0.717) is 12.8 Å². The van der Waals surface area contributed by atoms with Gasteiger partial charge in [0.15, 0.2) is 0 Å². The number of carbonyl (C=O) groups excluding carboxylic acids is 3. The molecule has 9 nitrogen and oxygen atoms in total. The van der Waals surface area contributed by atoms with Crippen molar-refractivity contribution >= 4 is 28.0 Å². The van der Waals surface area contributed by atoms with E-state index in [0.717, 1.165) is 19.3 Å². The number of halogens is 3. The third-order valence-electron chi connectivity index (χ3n) is 6.99. The van der Waals surface area contributed by atoms with Crippen molar-refractivity contribution in [3.8, 4) is 0 Å². The van der Waals surface area contributed by atoms with Crippen LogP contribution in [0.4, 0.5) is 13.2 Å². The molecule has 2 bridgehead atoms. The topological polar surface area (TPSA) is 133 Å². The Balaban J connectivity index is 1.51. The molecule has 0 aromatic rings. The van der Waals surface area contributed by atoms with Gasteiger partial charge in [-0.1, -0.05) is 19.3 Å². The number of alkyl halides is 3. The summed E-state index contributed by atoms with van der Waals surface area (Å²) < 4.78 is 85.6. The van der Waals surface area contributed by atoms with E-state index >= 15 is 0 Å². The monoisotopic (exact) mass is 484 g/mol. The van der Waals surface area contributed by atoms with E-state index in [1.807, 2.05) is 0 Å². The number of fused-ring (bicyclic) bond motifs is 1. The Morgan fingerprint density at radius 3 is 2.38 bits per heavy atom. The first-order valence-electron chi connectivity index (χ1n) is 10.5. The highest BCUT2D eigenvalue weighted by atomic mass is 32.2. The SMILES string of the molecule is O=C(OC1C2CC3C1OC(=O)C3C2C(=O)OC(CS(=O)(=O)O)C(F)(F)F)C1CCCCC1. The lowest BCUT2D eigenvalue weighted by Gasteiger charge is -2.32. The summed E-state index contributed by atoms with van der Waals surface area (Å²) in [6, 6.07) is 0. The smallest absolute Gasteiger partial charge is 0.426 e. The summed E-state index contributed by atoms with van der Waals surface area (Å²) in [5, 5.41) is 0. The molecule has 1 N–H and O–H groups in total. The van der Waals surface area contributed by atoms with Crippen LogP contribution in [0.5, 0.6) is 0 Å². The molecule has 32 heavy (non-hydrogen) atoms. The van der Waals surface area contributed by atoms with Crippen molar-refractivity contribution in [1.29, 1.82) is 0 Å². The Morgan fingerprint density at radius 1 is 1.12 bits per heavy atom. The van der Waals surface area contributed by atoms with Gasteiger partial charge in [0.2, 0.25) is 6.10 Å². The van der Waals surface area contributed by atoms with Crippen LogP contribution in [-0.4, -0.2) is 61.1 Å². The van der Waals surface area contributed by atoms with E-state index < -0.39 is 81.9 Å². The number of hydrogen-bond acceptors (Lipinski definition) is 8. The quantitative estimate of drug-likeness (QED) is 0.339. The van der Waals surface area contributed by atoms with E-state index in [2.05, 4.69) is 4.74 Å². The van der Waals surface area contributed by atoms with Crippen molar-refractivity contribution in [1.82, 2.24) is 0 Å². The van der Waals surface area contributed by atoms with Crippen LogP contribution in [0.1, 0.15) is 38.5 Å². The zero-order chi connectivity index (χ0) is 23.4. The maximum Gasteiger partial charge on any atom is 0.426 e. The summed E-state index contributed by atoms with van der Waals surface area (Å²) in [4.78, 5) is 37.6. The number of ether oxygens (including phenoxy) is 3. The molecule has 0 aromatic carbocycles. The predicted molar refractivity (Wildman–Crippen MR) is 97.3 cm³/mol. The molecule has 1 aliphatic heterocycles. The number of esters is 3. The molecule has 13 heteroatoms. The number of carbonyl (C=O) groups is 3. The fourth-order valence-electron chi connectivity index (χ4n) is 5.64. The third-order valence-corrected chi connectivity index (χ3v) is 7.72. The summed E-state index contributed by atoms with van der Waals surface area (Å²) in [6.07, 6.45) is -5.78. The Bertz CT molecular complexity index is 896. The molecule has 0 radical (unpaired) electrons. The standard InChI is InChI=1S/C19H23F3O9S/c20-19(21,22)11(7-32(26,27)28)29-17(24)12-9-6-10-13(12)18(25)31-15(10)14(9)30-16(23)8-4-2-1-3-5-8/h8-15H,1-7H2,(H,26,27,28). The molecule has 4 rings (SSSR count). The first-order valence-corrected chi connectivity index (χ1v) is 12.1. The molecule has 7 unspecified atom stereocenters. The molecule has 0 spiro atoms. The van der Waals surface area contributed by atoms with Crippen molar-refractivity contribution in [3.63, 3.8) is 0 Å². The second-order valence-corrected chi connectivity index (χ2v) is 10.5. The lowest BCUT2D eigenvalue weighted by molar-refractivity contribution is -0.220. The van der Waals surface area contributed by atoms with Crippen molar-refractivity contribution in [2.45, 2.75) is 63.0 Å². The Hall–Kier alpha value is -1.89. The maximum atomic E-state index is 13.2. The van der Waals surface area contributed by atoms with Crippen LogP contribution in [0, 0.1) is 29.6 Å². The summed E-state index contributed by atoms with van der Waals surface area (Å²) in [6.45, 7) is 0. The van der Waals surface area contributed by atoms with Crippen LogP contribution < -0.4 is 0 Å². The first kappa shape index (κ1) is 23.3. The van der Waals surface area contributed by atoms with Crippen molar-refractivity contribution < 1.29 is 54.7 Å². The average Bonchev–Trinajstić information content (AvgIpc) is 3.30. The second-order valence-electron chi connectivity index (χ2n) is 8.97. The molecule has 0 aromatic heterocycles. The summed E-state index contributed by atoms with van der Waals surface area (Å²) in [7, 11) is -5.10. The minimum absolute atomic E-state index is 0.235. The van der Waals surface area contributed by atoms with Gasteiger partial charge in [0, 0.05) is 11.8 Å². The summed E-state index contributed by atoms with van der Waals surface area (Å²) in [5.41, 5.74) is 0. The lowest BCUT2D eigenvalue weighted by Crippen LogP contribution is -2.47.